The van der Waals surface area contributed by atoms with Gasteiger partial charge < -0.3 is 19.5 Å². The second-order valence-electron chi connectivity index (χ2n) is 8.73. The molecule has 2 aliphatic heterocycles. The van der Waals surface area contributed by atoms with Gasteiger partial charge in [-0.15, -0.1) is 0 Å². The van der Waals surface area contributed by atoms with Crippen molar-refractivity contribution in [3.05, 3.63) is 70.8 Å². The first-order chi connectivity index (χ1) is 16.5. The zero-order valence-electron chi connectivity index (χ0n) is 19.8. The molecule has 2 saturated heterocycles. The molecule has 0 saturated carbocycles. The third kappa shape index (κ3) is 5.16. The summed E-state index contributed by atoms with van der Waals surface area (Å²) >= 11 is 0. The van der Waals surface area contributed by atoms with E-state index in [9.17, 15) is 14.7 Å². The first kappa shape index (κ1) is 24.0. The summed E-state index contributed by atoms with van der Waals surface area (Å²) in [5, 5.41) is 11.2. The Morgan fingerprint density at radius 1 is 1.09 bits per heavy atom. The molecule has 2 aromatic rings. The summed E-state index contributed by atoms with van der Waals surface area (Å²) in [5.74, 6) is -0.734. The van der Waals surface area contributed by atoms with E-state index in [-0.39, 0.29) is 11.3 Å². The number of ketones is 1. The van der Waals surface area contributed by atoms with Gasteiger partial charge in [0.1, 0.15) is 11.5 Å². The van der Waals surface area contributed by atoms with Crippen LogP contribution in [0.25, 0.3) is 5.76 Å². The summed E-state index contributed by atoms with van der Waals surface area (Å²) in [6.45, 7) is 8.46. The van der Waals surface area contributed by atoms with Crippen molar-refractivity contribution in [3.8, 4) is 5.75 Å². The number of hydrogen-bond acceptors (Lipinski definition) is 6. The van der Waals surface area contributed by atoms with Gasteiger partial charge in [0, 0.05) is 31.7 Å². The topological polar surface area (TPSA) is 79.3 Å². The lowest BCUT2D eigenvalue weighted by Crippen LogP contribution is -2.42. The third-order valence-electron chi connectivity index (χ3n) is 6.27. The normalized spacial score (nSPS) is 20.6. The maximum absolute atomic E-state index is 13.2. The number of carbonyl (C=O) groups excluding carboxylic acids is 2. The zero-order valence-corrected chi connectivity index (χ0v) is 19.8. The van der Waals surface area contributed by atoms with Crippen LogP contribution in [0.4, 0.5) is 0 Å². The van der Waals surface area contributed by atoms with Gasteiger partial charge in [0.15, 0.2) is 0 Å². The van der Waals surface area contributed by atoms with Gasteiger partial charge in [-0.25, -0.2) is 0 Å². The van der Waals surface area contributed by atoms with Crippen molar-refractivity contribution in [1.82, 2.24) is 9.80 Å². The van der Waals surface area contributed by atoms with Gasteiger partial charge in [-0.05, 0) is 31.0 Å². The van der Waals surface area contributed by atoms with Gasteiger partial charge in [0.05, 0.1) is 31.4 Å². The van der Waals surface area contributed by atoms with E-state index in [2.05, 4.69) is 4.90 Å². The van der Waals surface area contributed by atoms with Gasteiger partial charge in [0.2, 0.25) is 0 Å². The standard InChI is InChI=1S/C27H32N2O5/c1-3-15-34-22-6-4-5-21(18-22)24-23(25(30)20-9-7-19(2)8-10-20)26(31)27(32)29(24)12-11-28-13-16-33-17-14-28/h4-10,18,24,30H,3,11-17H2,1-2H3/b25-23+/t24-/m0/s1. The Bertz CT molecular complexity index is 1060. The van der Waals surface area contributed by atoms with Crippen LogP contribution in [0.1, 0.15) is 36.1 Å². The van der Waals surface area contributed by atoms with E-state index < -0.39 is 17.7 Å². The monoisotopic (exact) mass is 464 g/mol. The van der Waals surface area contributed by atoms with Crippen LogP contribution in [0.15, 0.2) is 54.1 Å². The van der Waals surface area contributed by atoms with Crippen molar-refractivity contribution >= 4 is 17.4 Å². The number of aryl methyl sites for hydroxylation is 1. The number of benzene rings is 2. The molecule has 180 valence electrons. The molecule has 0 unspecified atom stereocenters. The molecule has 0 spiro atoms. The Morgan fingerprint density at radius 3 is 2.53 bits per heavy atom. The summed E-state index contributed by atoms with van der Waals surface area (Å²) in [6, 6.07) is 14.0. The molecule has 2 fully saturated rings. The van der Waals surface area contributed by atoms with Gasteiger partial charge in [0.25, 0.3) is 11.7 Å². The number of Topliss-reactive ketones (excluding diaryl/α,β-unsaturated/α-hetero) is 1. The van der Waals surface area contributed by atoms with Gasteiger partial charge >= 0.3 is 0 Å². The van der Waals surface area contributed by atoms with Crippen LogP contribution in [0, 0.1) is 6.92 Å². The maximum Gasteiger partial charge on any atom is 0.295 e. The number of carbonyl (C=O) groups is 2. The minimum Gasteiger partial charge on any atom is -0.507 e. The largest absolute Gasteiger partial charge is 0.507 e. The minimum atomic E-state index is -0.687. The average Bonchev–Trinajstić information content (AvgIpc) is 3.12. The molecule has 0 aromatic heterocycles. The summed E-state index contributed by atoms with van der Waals surface area (Å²) in [7, 11) is 0. The van der Waals surface area contributed by atoms with Crippen molar-refractivity contribution < 1.29 is 24.2 Å². The number of aliphatic hydroxyl groups excluding tert-OH is 1. The molecule has 2 heterocycles. The smallest absolute Gasteiger partial charge is 0.295 e. The summed E-state index contributed by atoms with van der Waals surface area (Å²) in [5.41, 5.74) is 2.41. The summed E-state index contributed by atoms with van der Waals surface area (Å²) < 4.78 is 11.2. The molecule has 4 rings (SSSR count). The number of morpholine rings is 1. The molecule has 7 nitrogen and oxygen atoms in total. The van der Waals surface area contributed by atoms with E-state index in [0.29, 0.717) is 44.2 Å². The number of aliphatic hydroxyl groups is 1. The minimum absolute atomic E-state index is 0.114. The van der Waals surface area contributed by atoms with E-state index >= 15 is 0 Å². The predicted molar refractivity (Wildman–Crippen MR) is 130 cm³/mol. The number of ether oxygens (including phenoxy) is 2. The van der Waals surface area contributed by atoms with Crippen LogP contribution in [0.5, 0.6) is 5.75 Å². The van der Waals surface area contributed by atoms with Crippen molar-refractivity contribution in [3.63, 3.8) is 0 Å². The molecule has 1 N–H and O–H groups in total. The van der Waals surface area contributed by atoms with Crippen LogP contribution in [0.2, 0.25) is 0 Å². The highest BCUT2D eigenvalue weighted by atomic mass is 16.5. The first-order valence-electron chi connectivity index (χ1n) is 11.9. The average molecular weight is 465 g/mol. The van der Waals surface area contributed by atoms with Crippen molar-refractivity contribution in [2.75, 3.05) is 46.0 Å². The second-order valence-corrected chi connectivity index (χ2v) is 8.73. The number of likely N-dealkylation sites (tertiary alicyclic amines) is 1. The Balaban J connectivity index is 1.73. The van der Waals surface area contributed by atoms with E-state index in [1.165, 1.54) is 0 Å². The van der Waals surface area contributed by atoms with E-state index in [0.717, 1.165) is 30.6 Å². The Morgan fingerprint density at radius 2 is 1.82 bits per heavy atom. The van der Waals surface area contributed by atoms with Crippen molar-refractivity contribution in [1.29, 1.82) is 0 Å². The maximum atomic E-state index is 13.2. The fourth-order valence-electron chi connectivity index (χ4n) is 4.39. The molecule has 34 heavy (non-hydrogen) atoms. The van der Waals surface area contributed by atoms with Gasteiger partial charge in [-0.3, -0.25) is 14.5 Å². The van der Waals surface area contributed by atoms with Crippen LogP contribution in [-0.4, -0.2) is 72.6 Å². The van der Waals surface area contributed by atoms with E-state index in [1.807, 2.05) is 50.2 Å². The van der Waals surface area contributed by atoms with Crippen LogP contribution in [-0.2, 0) is 14.3 Å². The number of rotatable bonds is 8. The summed E-state index contributed by atoms with van der Waals surface area (Å²) in [4.78, 5) is 30.2. The highest BCUT2D eigenvalue weighted by Crippen LogP contribution is 2.40. The van der Waals surface area contributed by atoms with Gasteiger partial charge in [-0.2, -0.15) is 0 Å². The van der Waals surface area contributed by atoms with E-state index in [1.54, 1.807) is 17.0 Å². The molecule has 2 aromatic carbocycles. The summed E-state index contributed by atoms with van der Waals surface area (Å²) in [6.07, 6.45) is 0.871. The molecule has 1 atom stereocenters. The predicted octanol–water partition coefficient (Wildman–Crippen LogP) is 3.54. The SMILES string of the molecule is CCCOc1cccc([C@H]2/C(=C(\O)c3ccc(C)cc3)C(=O)C(=O)N2CCN2CCOCC2)c1. The Labute approximate surface area is 200 Å². The fourth-order valence-corrected chi connectivity index (χ4v) is 4.39. The molecule has 2 aliphatic rings. The lowest BCUT2D eigenvalue weighted by molar-refractivity contribution is -0.140. The molecule has 0 bridgehead atoms. The number of nitrogens with zero attached hydrogens (tertiary/aromatic N) is 2. The van der Waals surface area contributed by atoms with Crippen LogP contribution < -0.4 is 4.74 Å². The van der Waals surface area contributed by atoms with Crippen LogP contribution in [0.3, 0.4) is 0 Å². The Hall–Kier alpha value is -3.16. The van der Waals surface area contributed by atoms with Gasteiger partial charge in [-0.1, -0.05) is 48.9 Å². The molecule has 0 aliphatic carbocycles. The highest BCUT2D eigenvalue weighted by Gasteiger charge is 2.46. The number of hydrogen-bond donors (Lipinski definition) is 1. The molecule has 7 heteroatoms. The third-order valence-corrected chi connectivity index (χ3v) is 6.27. The molecular weight excluding hydrogens is 432 g/mol. The second kappa shape index (κ2) is 10.8. The lowest BCUT2D eigenvalue weighted by Gasteiger charge is -2.31. The quantitative estimate of drug-likeness (QED) is 0.366. The highest BCUT2D eigenvalue weighted by molar-refractivity contribution is 6.46. The molecular formula is C27H32N2O5. The first-order valence-corrected chi connectivity index (χ1v) is 11.9. The Kier molecular flexibility index (Phi) is 7.65. The van der Waals surface area contributed by atoms with Crippen molar-refractivity contribution in [2.24, 2.45) is 0 Å². The zero-order chi connectivity index (χ0) is 24.1. The number of amides is 1. The van der Waals surface area contributed by atoms with Crippen molar-refractivity contribution in [2.45, 2.75) is 26.3 Å². The fraction of sp³-hybridized carbons (Fsp3) is 0.407. The van der Waals surface area contributed by atoms with Crippen LogP contribution >= 0.6 is 0 Å². The van der Waals surface area contributed by atoms with E-state index in [4.69, 9.17) is 9.47 Å². The molecule has 1 amide bonds. The lowest BCUT2D eigenvalue weighted by atomic mass is 9.95. The molecule has 0 radical (unpaired) electrons.